The molecule has 0 bridgehead atoms. The van der Waals surface area contributed by atoms with Crippen molar-refractivity contribution in [3.8, 4) is 5.75 Å². The summed E-state index contributed by atoms with van der Waals surface area (Å²) in [4.78, 5) is 6.74. The second kappa shape index (κ2) is 10.2. The number of benzene rings is 1. The topological polar surface area (TPSA) is 66.3 Å². The number of hydrogen-bond acceptors (Lipinski definition) is 4. The molecule has 0 saturated carbocycles. The third-order valence-corrected chi connectivity index (χ3v) is 3.93. The summed E-state index contributed by atoms with van der Waals surface area (Å²) < 4.78 is 10.8. The molecule has 2 rings (SSSR count). The molecule has 2 N–H and O–H groups in total. The number of rotatable bonds is 8. The lowest BCUT2D eigenvalue weighted by Crippen LogP contribution is -2.40. The number of nitrogens with one attached hydrogen (secondary N) is 1. The average molecular weight is 335 g/mol. The number of β-amino-alcohol motifs (C(OH)–C–C–N with tert-alkyl or cyclic N) is 1. The molecule has 1 aliphatic heterocycles. The van der Waals surface area contributed by atoms with Gasteiger partial charge in [0.2, 0.25) is 0 Å². The van der Waals surface area contributed by atoms with Gasteiger partial charge in [0.05, 0.1) is 19.8 Å². The molecule has 1 aromatic rings. The molecule has 24 heavy (non-hydrogen) atoms. The zero-order valence-corrected chi connectivity index (χ0v) is 14.7. The van der Waals surface area contributed by atoms with E-state index in [0.717, 1.165) is 49.7 Å². The van der Waals surface area contributed by atoms with Crippen LogP contribution in [0.5, 0.6) is 5.75 Å². The molecule has 0 radical (unpaired) electrons. The molecule has 0 amide bonds. The number of aliphatic hydroxyl groups excluding tert-OH is 1. The Balaban J connectivity index is 1.66. The lowest BCUT2D eigenvalue weighted by Gasteiger charge is -2.20. The maximum Gasteiger partial charge on any atom is 0.194 e. The average Bonchev–Trinajstić information content (AvgIpc) is 3.03. The van der Waals surface area contributed by atoms with Gasteiger partial charge >= 0.3 is 0 Å². The van der Waals surface area contributed by atoms with Crippen molar-refractivity contribution in [3.63, 3.8) is 0 Å². The number of guanidine groups is 1. The first-order chi connectivity index (χ1) is 11.7. The van der Waals surface area contributed by atoms with Crippen LogP contribution in [0.1, 0.15) is 25.3 Å². The van der Waals surface area contributed by atoms with Gasteiger partial charge in [-0.1, -0.05) is 12.1 Å². The van der Waals surface area contributed by atoms with Crippen LogP contribution in [0, 0.1) is 0 Å². The van der Waals surface area contributed by atoms with Gasteiger partial charge in [-0.05, 0) is 37.5 Å². The molecule has 1 aromatic carbocycles. The maximum absolute atomic E-state index is 9.65. The fraction of sp³-hybridized carbons (Fsp3) is 0.611. The highest BCUT2D eigenvalue weighted by atomic mass is 16.5. The Morgan fingerprint density at radius 2 is 2.17 bits per heavy atom. The van der Waals surface area contributed by atoms with E-state index in [4.69, 9.17) is 9.47 Å². The largest absolute Gasteiger partial charge is 0.497 e. The highest BCUT2D eigenvalue weighted by Gasteiger charge is 2.22. The zero-order chi connectivity index (χ0) is 17.2. The number of nitrogens with zero attached hydrogens (tertiary/aromatic N) is 2. The second-order valence-electron chi connectivity index (χ2n) is 5.88. The van der Waals surface area contributed by atoms with E-state index in [1.54, 1.807) is 7.11 Å². The predicted octanol–water partition coefficient (Wildman–Crippen LogP) is 1.63. The minimum Gasteiger partial charge on any atom is -0.497 e. The van der Waals surface area contributed by atoms with Crippen molar-refractivity contribution in [2.45, 2.75) is 32.5 Å². The molecular weight excluding hydrogens is 306 g/mol. The minimum absolute atomic E-state index is 0.235. The van der Waals surface area contributed by atoms with Crippen LogP contribution in [0.25, 0.3) is 0 Å². The fourth-order valence-electron chi connectivity index (χ4n) is 2.62. The van der Waals surface area contributed by atoms with Gasteiger partial charge in [-0.25, -0.2) is 0 Å². The van der Waals surface area contributed by atoms with Crippen molar-refractivity contribution >= 4 is 5.96 Å². The zero-order valence-electron chi connectivity index (χ0n) is 14.7. The van der Waals surface area contributed by atoms with Crippen LogP contribution in [-0.2, 0) is 11.3 Å². The summed E-state index contributed by atoms with van der Waals surface area (Å²) >= 11 is 0. The lowest BCUT2D eigenvalue weighted by molar-refractivity contribution is 0.120. The van der Waals surface area contributed by atoms with Crippen LogP contribution in [-0.4, -0.2) is 62.0 Å². The predicted molar refractivity (Wildman–Crippen MR) is 95.4 cm³/mol. The molecule has 1 atom stereocenters. The van der Waals surface area contributed by atoms with E-state index in [-0.39, 0.29) is 6.10 Å². The number of methoxy groups -OCH3 is 1. The Bertz CT molecular complexity index is 505. The smallest absolute Gasteiger partial charge is 0.194 e. The van der Waals surface area contributed by atoms with Gasteiger partial charge in [0.15, 0.2) is 5.96 Å². The molecule has 6 nitrogen and oxygen atoms in total. The molecule has 1 heterocycles. The molecule has 1 fully saturated rings. The van der Waals surface area contributed by atoms with Gasteiger partial charge < -0.3 is 24.8 Å². The van der Waals surface area contributed by atoms with Gasteiger partial charge in [-0.3, -0.25) is 4.99 Å². The molecular formula is C18H29N3O3. The van der Waals surface area contributed by atoms with Gasteiger partial charge in [-0.15, -0.1) is 0 Å². The monoisotopic (exact) mass is 335 g/mol. The molecule has 0 aliphatic carbocycles. The van der Waals surface area contributed by atoms with E-state index in [1.165, 1.54) is 0 Å². The van der Waals surface area contributed by atoms with Crippen LogP contribution in [0.3, 0.4) is 0 Å². The van der Waals surface area contributed by atoms with E-state index in [2.05, 4.69) is 22.1 Å². The second-order valence-corrected chi connectivity index (χ2v) is 5.88. The summed E-state index contributed by atoms with van der Waals surface area (Å²) in [6.45, 7) is 6.42. The van der Waals surface area contributed by atoms with E-state index in [1.807, 2.05) is 24.3 Å². The van der Waals surface area contributed by atoms with Crippen LogP contribution >= 0.6 is 0 Å². The van der Waals surface area contributed by atoms with Crippen molar-refractivity contribution < 1.29 is 14.6 Å². The Kier molecular flexibility index (Phi) is 7.85. The van der Waals surface area contributed by atoms with Crippen molar-refractivity contribution in [2.75, 3.05) is 39.9 Å². The Morgan fingerprint density at radius 1 is 1.38 bits per heavy atom. The number of likely N-dealkylation sites (tertiary alicyclic amines) is 1. The van der Waals surface area contributed by atoms with Crippen molar-refractivity contribution in [2.24, 2.45) is 4.99 Å². The first-order valence-corrected chi connectivity index (χ1v) is 8.65. The van der Waals surface area contributed by atoms with Crippen LogP contribution < -0.4 is 10.1 Å². The minimum atomic E-state index is -0.235. The summed E-state index contributed by atoms with van der Waals surface area (Å²) in [7, 11) is 1.66. The molecule has 1 aliphatic rings. The first-order valence-electron chi connectivity index (χ1n) is 8.65. The summed E-state index contributed by atoms with van der Waals surface area (Å²) in [5.41, 5.74) is 1.14. The van der Waals surface area contributed by atoms with E-state index < -0.39 is 0 Å². The van der Waals surface area contributed by atoms with Gasteiger partial charge in [0.1, 0.15) is 5.75 Å². The Hall–Kier alpha value is -1.79. The van der Waals surface area contributed by atoms with Crippen LogP contribution in [0.15, 0.2) is 29.3 Å². The third-order valence-electron chi connectivity index (χ3n) is 3.93. The summed E-state index contributed by atoms with van der Waals surface area (Å²) in [6, 6.07) is 7.91. The number of ether oxygens (including phenoxy) is 2. The quantitative estimate of drug-likeness (QED) is 0.429. The molecule has 134 valence electrons. The van der Waals surface area contributed by atoms with Gasteiger partial charge in [-0.2, -0.15) is 0 Å². The molecule has 6 heteroatoms. The summed E-state index contributed by atoms with van der Waals surface area (Å²) in [5, 5.41) is 12.9. The van der Waals surface area contributed by atoms with Crippen molar-refractivity contribution in [1.82, 2.24) is 10.2 Å². The van der Waals surface area contributed by atoms with Gasteiger partial charge in [0.25, 0.3) is 0 Å². The molecule has 0 aromatic heterocycles. The summed E-state index contributed by atoms with van der Waals surface area (Å²) in [5.74, 6) is 1.75. The normalized spacial score (nSPS) is 18.0. The third kappa shape index (κ3) is 6.02. The lowest BCUT2D eigenvalue weighted by atomic mass is 10.2. The molecule has 1 saturated heterocycles. The Labute approximate surface area is 144 Å². The van der Waals surface area contributed by atoms with E-state index in [9.17, 15) is 5.11 Å². The number of hydrogen-bond donors (Lipinski definition) is 2. The van der Waals surface area contributed by atoms with Crippen molar-refractivity contribution in [3.05, 3.63) is 29.8 Å². The van der Waals surface area contributed by atoms with Crippen LogP contribution in [0.2, 0.25) is 0 Å². The highest BCUT2D eigenvalue weighted by molar-refractivity contribution is 5.80. The molecule has 0 unspecified atom stereocenters. The van der Waals surface area contributed by atoms with Gasteiger partial charge in [0, 0.05) is 32.8 Å². The first kappa shape index (κ1) is 18.5. The van der Waals surface area contributed by atoms with Crippen molar-refractivity contribution in [1.29, 1.82) is 0 Å². The SMILES string of the molecule is CCNC(=NCCCOCc1ccc(OC)cc1)N1CC[C@@H](O)C1. The molecule has 0 spiro atoms. The van der Waals surface area contributed by atoms with E-state index >= 15 is 0 Å². The number of aliphatic imine (C=N–C) groups is 1. The fourth-order valence-corrected chi connectivity index (χ4v) is 2.62. The highest BCUT2D eigenvalue weighted by Crippen LogP contribution is 2.12. The Morgan fingerprint density at radius 3 is 2.79 bits per heavy atom. The maximum atomic E-state index is 9.65. The number of aliphatic hydroxyl groups is 1. The van der Waals surface area contributed by atoms with E-state index in [0.29, 0.717) is 19.8 Å². The van der Waals surface area contributed by atoms with Crippen LogP contribution in [0.4, 0.5) is 0 Å². The summed E-state index contributed by atoms with van der Waals surface area (Å²) in [6.07, 6.45) is 1.46. The standard InChI is InChI=1S/C18H29N3O3/c1-3-19-18(21-11-9-16(22)13-21)20-10-4-12-24-14-15-5-7-17(23-2)8-6-15/h5-8,16,22H,3-4,9-14H2,1-2H3,(H,19,20)/t16-/m1/s1.